The van der Waals surface area contributed by atoms with Crippen LogP contribution in [-0.2, 0) is 7.05 Å². The van der Waals surface area contributed by atoms with Crippen LogP contribution >= 0.6 is 0 Å². The SMILES string of the molecule is C=N/C(=C\N(C)NC)c1cnn(C)c1. The van der Waals surface area contributed by atoms with E-state index >= 15 is 0 Å². The van der Waals surface area contributed by atoms with Crippen molar-refractivity contribution in [3.8, 4) is 0 Å². The van der Waals surface area contributed by atoms with Gasteiger partial charge in [-0.25, -0.2) is 5.43 Å². The lowest BCUT2D eigenvalue weighted by Crippen LogP contribution is -2.25. The maximum atomic E-state index is 4.07. The van der Waals surface area contributed by atoms with E-state index in [1.54, 1.807) is 15.9 Å². The highest BCUT2D eigenvalue weighted by molar-refractivity contribution is 5.66. The molecule has 0 spiro atoms. The Morgan fingerprint density at radius 3 is 2.93 bits per heavy atom. The zero-order valence-corrected chi connectivity index (χ0v) is 8.73. The zero-order chi connectivity index (χ0) is 10.6. The summed E-state index contributed by atoms with van der Waals surface area (Å²) in [6.45, 7) is 3.52. The van der Waals surface area contributed by atoms with E-state index in [9.17, 15) is 0 Å². The molecule has 0 aliphatic carbocycles. The summed E-state index contributed by atoms with van der Waals surface area (Å²) in [4.78, 5) is 3.94. The van der Waals surface area contributed by atoms with Gasteiger partial charge in [-0.3, -0.25) is 9.67 Å². The molecule has 1 aromatic rings. The lowest BCUT2D eigenvalue weighted by Gasteiger charge is -2.12. The van der Waals surface area contributed by atoms with Crippen LogP contribution in [0.5, 0.6) is 0 Å². The predicted molar refractivity (Wildman–Crippen MR) is 57.6 cm³/mol. The summed E-state index contributed by atoms with van der Waals surface area (Å²) in [5.74, 6) is 0. The third-order valence-corrected chi connectivity index (χ3v) is 1.84. The number of rotatable bonds is 4. The molecule has 0 bridgehead atoms. The van der Waals surface area contributed by atoms with Crippen LogP contribution in [0.15, 0.2) is 23.6 Å². The van der Waals surface area contributed by atoms with Crippen LogP contribution in [0.3, 0.4) is 0 Å². The number of hydrazine groups is 1. The van der Waals surface area contributed by atoms with Gasteiger partial charge in [0.1, 0.15) is 0 Å². The molecule has 1 N–H and O–H groups in total. The maximum Gasteiger partial charge on any atom is 0.0899 e. The minimum atomic E-state index is 0.787. The summed E-state index contributed by atoms with van der Waals surface area (Å²) >= 11 is 0. The lowest BCUT2D eigenvalue weighted by molar-refractivity contribution is 0.366. The van der Waals surface area contributed by atoms with E-state index < -0.39 is 0 Å². The van der Waals surface area contributed by atoms with Crippen LogP contribution in [0.4, 0.5) is 0 Å². The molecule has 0 saturated heterocycles. The summed E-state index contributed by atoms with van der Waals surface area (Å²) in [6.07, 6.45) is 5.50. The second-order valence-corrected chi connectivity index (χ2v) is 2.91. The van der Waals surface area contributed by atoms with Gasteiger partial charge in [0.25, 0.3) is 0 Å². The number of hydrogen-bond donors (Lipinski definition) is 1. The molecule has 1 rings (SSSR count). The van der Waals surface area contributed by atoms with Gasteiger partial charge in [-0.05, 0) is 6.72 Å². The molecule has 1 heterocycles. The minimum absolute atomic E-state index is 0.787. The summed E-state index contributed by atoms with van der Waals surface area (Å²) < 4.78 is 1.73. The van der Waals surface area contributed by atoms with Gasteiger partial charge < -0.3 is 5.01 Å². The van der Waals surface area contributed by atoms with Gasteiger partial charge in [-0.15, -0.1) is 0 Å². The van der Waals surface area contributed by atoms with Gasteiger partial charge >= 0.3 is 0 Å². The van der Waals surface area contributed by atoms with Crippen molar-refractivity contribution in [1.82, 2.24) is 20.2 Å². The Bertz CT molecular complexity index is 339. The second kappa shape index (κ2) is 4.57. The fourth-order valence-electron chi connectivity index (χ4n) is 1.01. The van der Waals surface area contributed by atoms with Gasteiger partial charge in [-0.1, -0.05) is 0 Å². The first kappa shape index (κ1) is 10.5. The van der Waals surface area contributed by atoms with E-state index in [0.717, 1.165) is 11.3 Å². The smallest absolute Gasteiger partial charge is 0.0899 e. The largest absolute Gasteiger partial charge is 0.317 e. The summed E-state index contributed by atoms with van der Waals surface area (Å²) in [6, 6.07) is 0. The van der Waals surface area contributed by atoms with E-state index in [2.05, 4.69) is 22.2 Å². The number of aromatic nitrogens is 2. The Kier molecular flexibility index (Phi) is 3.41. The van der Waals surface area contributed by atoms with E-state index in [1.165, 1.54) is 0 Å². The van der Waals surface area contributed by atoms with Crippen molar-refractivity contribution in [3.05, 3.63) is 24.2 Å². The molecule has 0 atom stereocenters. The third-order valence-electron chi connectivity index (χ3n) is 1.84. The molecule has 76 valence electrons. The first-order valence-corrected chi connectivity index (χ1v) is 4.25. The third kappa shape index (κ3) is 2.43. The molecule has 5 heteroatoms. The molecule has 5 nitrogen and oxygen atoms in total. The highest BCUT2D eigenvalue weighted by Gasteiger charge is 2.02. The molecule has 14 heavy (non-hydrogen) atoms. The van der Waals surface area contributed by atoms with Crippen LogP contribution < -0.4 is 5.43 Å². The van der Waals surface area contributed by atoms with Crippen molar-refractivity contribution < 1.29 is 0 Å². The Morgan fingerprint density at radius 2 is 2.50 bits per heavy atom. The van der Waals surface area contributed by atoms with Crippen molar-refractivity contribution >= 4 is 12.4 Å². The molecule has 0 aliphatic heterocycles. The lowest BCUT2D eigenvalue weighted by atomic mass is 10.3. The Hall–Kier alpha value is -1.62. The number of aryl methyl sites for hydroxylation is 1. The van der Waals surface area contributed by atoms with Crippen molar-refractivity contribution in [2.45, 2.75) is 0 Å². The number of nitrogens with zero attached hydrogens (tertiary/aromatic N) is 4. The highest BCUT2D eigenvalue weighted by Crippen LogP contribution is 2.13. The second-order valence-electron chi connectivity index (χ2n) is 2.91. The zero-order valence-electron chi connectivity index (χ0n) is 8.73. The minimum Gasteiger partial charge on any atom is -0.317 e. The first-order valence-electron chi connectivity index (χ1n) is 4.25. The molecule has 0 aromatic carbocycles. The van der Waals surface area contributed by atoms with Gasteiger partial charge in [0.2, 0.25) is 0 Å². The maximum absolute atomic E-state index is 4.07. The van der Waals surface area contributed by atoms with Gasteiger partial charge in [0.15, 0.2) is 0 Å². The van der Waals surface area contributed by atoms with Crippen LogP contribution in [0.1, 0.15) is 5.56 Å². The van der Waals surface area contributed by atoms with E-state index in [0.29, 0.717) is 0 Å². The molecule has 0 amide bonds. The van der Waals surface area contributed by atoms with Crippen LogP contribution in [-0.4, -0.2) is 35.6 Å². The quantitative estimate of drug-likeness (QED) is 0.559. The molecular weight excluding hydrogens is 178 g/mol. The van der Waals surface area contributed by atoms with Gasteiger partial charge in [-0.2, -0.15) is 5.10 Å². The molecular formula is C9H15N5. The van der Waals surface area contributed by atoms with Gasteiger partial charge in [0, 0.05) is 39.1 Å². The fraction of sp³-hybridized carbons (Fsp3) is 0.333. The molecule has 0 fully saturated rings. The summed E-state index contributed by atoms with van der Waals surface area (Å²) in [5, 5.41) is 5.87. The van der Waals surface area contributed by atoms with E-state index in [4.69, 9.17) is 0 Å². The number of nitrogens with one attached hydrogen (secondary N) is 1. The highest BCUT2D eigenvalue weighted by atomic mass is 15.5. The molecule has 0 aliphatic rings. The Balaban J connectivity index is 2.92. The van der Waals surface area contributed by atoms with E-state index in [-0.39, 0.29) is 0 Å². The van der Waals surface area contributed by atoms with Crippen molar-refractivity contribution in [3.63, 3.8) is 0 Å². The molecule has 0 saturated carbocycles. The topological polar surface area (TPSA) is 45.4 Å². The van der Waals surface area contributed by atoms with Crippen LogP contribution in [0.2, 0.25) is 0 Å². The van der Waals surface area contributed by atoms with E-state index in [1.807, 2.05) is 33.5 Å². The summed E-state index contributed by atoms with van der Waals surface area (Å²) in [7, 11) is 5.59. The number of aliphatic imine (C=N–C) groups is 1. The fourth-order valence-corrected chi connectivity index (χ4v) is 1.01. The molecule has 1 aromatic heterocycles. The number of hydrogen-bond acceptors (Lipinski definition) is 4. The monoisotopic (exact) mass is 193 g/mol. The Labute approximate surface area is 83.7 Å². The van der Waals surface area contributed by atoms with Crippen LogP contribution in [0, 0.1) is 0 Å². The van der Waals surface area contributed by atoms with Crippen molar-refractivity contribution in [1.29, 1.82) is 0 Å². The molecule has 0 radical (unpaired) electrons. The first-order chi connectivity index (χ1) is 6.67. The standard InChI is InChI=1S/C9H15N5/c1-10-9(7-13(3)11-2)8-5-12-14(4)6-8/h5-7,11H,1H2,2-4H3/b9-7-. The van der Waals surface area contributed by atoms with Crippen LogP contribution in [0.25, 0.3) is 5.70 Å². The normalized spacial score (nSPS) is 11.5. The molecule has 0 unspecified atom stereocenters. The average molecular weight is 193 g/mol. The average Bonchev–Trinajstić information content (AvgIpc) is 2.60. The Morgan fingerprint density at radius 1 is 1.79 bits per heavy atom. The van der Waals surface area contributed by atoms with Gasteiger partial charge in [0.05, 0.1) is 11.9 Å². The summed E-state index contributed by atoms with van der Waals surface area (Å²) in [5.41, 5.74) is 4.68. The predicted octanol–water partition coefficient (Wildman–Crippen LogP) is 0.485. The van der Waals surface area contributed by atoms with Crippen molar-refractivity contribution in [2.24, 2.45) is 12.0 Å². The van der Waals surface area contributed by atoms with Crippen molar-refractivity contribution in [2.75, 3.05) is 14.1 Å².